The van der Waals surface area contributed by atoms with E-state index in [1.54, 1.807) is 7.11 Å². The molecule has 6 heteroatoms. The van der Waals surface area contributed by atoms with Crippen molar-refractivity contribution < 1.29 is 9.53 Å². The van der Waals surface area contributed by atoms with Crippen LogP contribution in [0.4, 0.5) is 0 Å². The quantitative estimate of drug-likeness (QED) is 0.474. The van der Waals surface area contributed by atoms with Gasteiger partial charge in [-0.15, -0.1) is 0 Å². The Bertz CT molecular complexity index is 1280. The summed E-state index contributed by atoms with van der Waals surface area (Å²) in [6.45, 7) is 4.06. The molecule has 0 fully saturated rings. The number of rotatable bonds is 7. The average molecular weight is 441 g/mol. The minimum absolute atomic E-state index is 0.0524. The smallest absolute Gasteiger partial charge is 0.251 e. The van der Waals surface area contributed by atoms with E-state index in [9.17, 15) is 4.79 Å². The monoisotopic (exact) mass is 440 g/mol. The molecular weight excluding hydrogens is 412 g/mol. The summed E-state index contributed by atoms with van der Waals surface area (Å²) in [4.78, 5) is 15.2. The number of nitrogens with one attached hydrogen (secondary N) is 1. The van der Waals surface area contributed by atoms with Gasteiger partial charge in [-0.1, -0.05) is 42.5 Å². The van der Waals surface area contributed by atoms with Crippen molar-refractivity contribution in [3.8, 4) is 5.75 Å². The molecule has 0 spiro atoms. The fourth-order valence-corrected chi connectivity index (χ4v) is 4.46. The van der Waals surface area contributed by atoms with Crippen molar-refractivity contribution >= 4 is 16.8 Å². The Morgan fingerprint density at radius 1 is 1.06 bits per heavy atom. The van der Waals surface area contributed by atoms with E-state index in [-0.39, 0.29) is 5.91 Å². The van der Waals surface area contributed by atoms with Crippen LogP contribution in [0.5, 0.6) is 5.75 Å². The zero-order valence-corrected chi connectivity index (χ0v) is 18.8. The van der Waals surface area contributed by atoms with Crippen LogP contribution in [0.25, 0.3) is 10.9 Å². The van der Waals surface area contributed by atoms with Crippen molar-refractivity contribution in [2.75, 3.05) is 26.7 Å². The number of ether oxygens (including phenoxy) is 1. The number of carbonyl (C=O) groups excluding carboxylic acids is 1. The summed E-state index contributed by atoms with van der Waals surface area (Å²) >= 11 is 0. The number of hydrogen-bond donors (Lipinski definition) is 1. The van der Waals surface area contributed by atoms with Crippen LogP contribution in [-0.4, -0.2) is 47.3 Å². The van der Waals surface area contributed by atoms with Crippen LogP contribution in [0.1, 0.15) is 27.0 Å². The molecule has 0 radical (unpaired) electrons. The van der Waals surface area contributed by atoms with E-state index in [0.717, 1.165) is 48.3 Å². The number of amides is 1. The lowest BCUT2D eigenvalue weighted by Gasteiger charge is -2.28. The average Bonchev–Trinajstić information content (AvgIpc) is 3.26. The highest BCUT2D eigenvalue weighted by Crippen LogP contribution is 2.20. The highest BCUT2D eigenvalue weighted by Gasteiger charge is 2.16. The first kappa shape index (κ1) is 21.2. The highest BCUT2D eigenvalue weighted by atomic mass is 16.5. The molecule has 1 N–H and O–H groups in total. The molecule has 0 aliphatic carbocycles. The van der Waals surface area contributed by atoms with Crippen LogP contribution in [0, 0.1) is 0 Å². The second kappa shape index (κ2) is 9.46. The Kier molecular flexibility index (Phi) is 6.09. The van der Waals surface area contributed by atoms with Crippen molar-refractivity contribution in [1.29, 1.82) is 0 Å². The molecule has 5 rings (SSSR count). The predicted octanol–water partition coefficient (Wildman–Crippen LogP) is 3.88. The van der Waals surface area contributed by atoms with Gasteiger partial charge in [-0.25, -0.2) is 0 Å². The Balaban J connectivity index is 1.22. The van der Waals surface area contributed by atoms with E-state index in [1.165, 1.54) is 11.1 Å². The lowest BCUT2D eigenvalue weighted by atomic mass is 10.00. The minimum atomic E-state index is -0.0524. The predicted molar refractivity (Wildman–Crippen MR) is 130 cm³/mol. The molecule has 6 nitrogen and oxygen atoms in total. The second-order valence-electron chi connectivity index (χ2n) is 8.48. The van der Waals surface area contributed by atoms with Gasteiger partial charge in [-0.2, -0.15) is 5.10 Å². The molecule has 1 aliphatic heterocycles. The number of methoxy groups -OCH3 is 1. The zero-order chi connectivity index (χ0) is 22.6. The van der Waals surface area contributed by atoms with Gasteiger partial charge in [0.25, 0.3) is 5.91 Å². The third-order valence-corrected chi connectivity index (χ3v) is 6.30. The topological polar surface area (TPSA) is 59.4 Å². The van der Waals surface area contributed by atoms with Crippen molar-refractivity contribution in [3.63, 3.8) is 0 Å². The maximum atomic E-state index is 12.8. The van der Waals surface area contributed by atoms with Crippen LogP contribution < -0.4 is 10.1 Å². The van der Waals surface area contributed by atoms with E-state index >= 15 is 0 Å². The van der Waals surface area contributed by atoms with Gasteiger partial charge in [0, 0.05) is 37.1 Å². The van der Waals surface area contributed by atoms with E-state index in [4.69, 9.17) is 4.74 Å². The van der Waals surface area contributed by atoms with Gasteiger partial charge in [-0.3, -0.25) is 14.4 Å². The third kappa shape index (κ3) is 4.76. The first-order valence-corrected chi connectivity index (χ1v) is 11.4. The molecule has 3 aromatic carbocycles. The van der Waals surface area contributed by atoms with Gasteiger partial charge >= 0.3 is 0 Å². The van der Waals surface area contributed by atoms with Crippen molar-refractivity contribution in [2.45, 2.75) is 19.5 Å². The van der Waals surface area contributed by atoms with Crippen LogP contribution >= 0.6 is 0 Å². The summed E-state index contributed by atoms with van der Waals surface area (Å²) in [7, 11) is 1.66. The zero-order valence-electron chi connectivity index (χ0n) is 18.8. The Hall–Kier alpha value is -3.64. The number of aromatic nitrogens is 2. The molecule has 0 bridgehead atoms. The standard InChI is InChI=1S/C27H28N4O2/c1-33-25-8-4-5-20(15-25)18-31-26-16-22(9-10-23(26)17-29-31)27(32)28-12-14-30-13-11-21-6-2-3-7-24(21)19-30/h2-10,15-17H,11-14,18-19H2,1H3,(H,28,32). The Labute approximate surface area is 193 Å². The molecule has 0 atom stereocenters. The van der Waals surface area contributed by atoms with Crippen LogP contribution in [0.15, 0.2) is 72.9 Å². The van der Waals surface area contributed by atoms with E-state index < -0.39 is 0 Å². The number of benzene rings is 3. The third-order valence-electron chi connectivity index (χ3n) is 6.30. The normalized spacial score (nSPS) is 13.6. The molecule has 4 aromatic rings. The molecule has 33 heavy (non-hydrogen) atoms. The summed E-state index contributed by atoms with van der Waals surface area (Å²) in [6.07, 6.45) is 2.91. The van der Waals surface area contributed by atoms with Gasteiger partial charge in [0.15, 0.2) is 0 Å². The number of fused-ring (bicyclic) bond motifs is 2. The maximum absolute atomic E-state index is 12.8. The van der Waals surface area contributed by atoms with Gasteiger partial charge in [0.1, 0.15) is 5.75 Å². The molecule has 0 saturated carbocycles. The SMILES string of the molecule is COc1cccc(Cn2ncc3ccc(C(=O)NCCN4CCc5ccccc5C4)cc32)c1. The summed E-state index contributed by atoms with van der Waals surface area (Å²) in [5.41, 5.74) is 5.52. The van der Waals surface area contributed by atoms with Crippen LogP contribution in [-0.2, 0) is 19.5 Å². The summed E-state index contributed by atoms with van der Waals surface area (Å²) in [6, 6.07) is 22.3. The Morgan fingerprint density at radius 2 is 1.94 bits per heavy atom. The van der Waals surface area contributed by atoms with Gasteiger partial charge < -0.3 is 10.1 Å². The van der Waals surface area contributed by atoms with Gasteiger partial charge in [0.05, 0.1) is 25.4 Å². The fraction of sp³-hybridized carbons (Fsp3) is 0.259. The van der Waals surface area contributed by atoms with E-state index in [0.29, 0.717) is 18.7 Å². The molecule has 0 saturated heterocycles. The van der Waals surface area contributed by atoms with Gasteiger partial charge in [-0.05, 0) is 47.4 Å². The maximum Gasteiger partial charge on any atom is 0.251 e. The number of hydrogen-bond acceptors (Lipinski definition) is 4. The lowest BCUT2D eigenvalue weighted by molar-refractivity contribution is 0.0947. The molecule has 0 unspecified atom stereocenters. The van der Waals surface area contributed by atoms with Gasteiger partial charge in [0.2, 0.25) is 0 Å². The number of nitrogens with zero attached hydrogens (tertiary/aromatic N) is 3. The highest BCUT2D eigenvalue weighted by molar-refractivity contribution is 5.97. The molecular formula is C27H28N4O2. The minimum Gasteiger partial charge on any atom is -0.497 e. The molecule has 1 aliphatic rings. The molecule has 1 aromatic heterocycles. The summed E-state index contributed by atoms with van der Waals surface area (Å²) in [5, 5.41) is 8.63. The van der Waals surface area contributed by atoms with E-state index in [1.807, 2.05) is 53.3 Å². The first-order valence-electron chi connectivity index (χ1n) is 11.4. The van der Waals surface area contributed by atoms with Crippen LogP contribution in [0.2, 0.25) is 0 Å². The second-order valence-corrected chi connectivity index (χ2v) is 8.48. The molecule has 2 heterocycles. The van der Waals surface area contributed by atoms with Crippen molar-refractivity contribution in [1.82, 2.24) is 20.0 Å². The lowest BCUT2D eigenvalue weighted by Crippen LogP contribution is -2.37. The summed E-state index contributed by atoms with van der Waals surface area (Å²) < 4.78 is 7.25. The van der Waals surface area contributed by atoms with Crippen molar-refractivity contribution in [2.24, 2.45) is 0 Å². The first-order chi connectivity index (χ1) is 16.2. The summed E-state index contributed by atoms with van der Waals surface area (Å²) in [5.74, 6) is 0.768. The Morgan fingerprint density at radius 3 is 2.82 bits per heavy atom. The fourth-order valence-electron chi connectivity index (χ4n) is 4.46. The molecule has 168 valence electrons. The number of carbonyl (C=O) groups is 1. The van der Waals surface area contributed by atoms with Crippen LogP contribution in [0.3, 0.4) is 0 Å². The van der Waals surface area contributed by atoms with Crippen molar-refractivity contribution in [3.05, 3.63) is 95.2 Å². The van der Waals surface area contributed by atoms with E-state index in [2.05, 4.69) is 39.6 Å². The molecule has 1 amide bonds. The largest absolute Gasteiger partial charge is 0.497 e.